The third-order valence-electron chi connectivity index (χ3n) is 4.14. The molecule has 1 aromatic heterocycles. The summed E-state index contributed by atoms with van der Waals surface area (Å²) in [6, 6.07) is 14.0. The van der Waals surface area contributed by atoms with Crippen LogP contribution in [-0.2, 0) is 9.63 Å². The second-order valence-corrected chi connectivity index (χ2v) is 6.05. The molecule has 25 heavy (non-hydrogen) atoms. The van der Waals surface area contributed by atoms with Crippen molar-refractivity contribution in [3.05, 3.63) is 70.9 Å². The zero-order chi connectivity index (χ0) is 18.0. The number of hydroxylamine groups is 2. The monoisotopic (exact) mass is 356 g/mol. The number of rotatable bonds is 5. The molecule has 0 aliphatic rings. The molecule has 1 heterocycles. The molecule has 1 unspecified atom stereocenters. The lowest BCUT2D eigenvalue weighted by atomic mass is 9.89. The Morgan fingerprint density at radius 2 is 1.88 bits per heavy atom. The summed E-state index contributed by atoms with van der Waals surface area (Å²) in [6.07, 6.45) is 1.67. The molecule has 0 saturated carbocycles. The van der Waals surface area contributed by atoms with Crippen molar-refractivity contribution in [2.45, 2.75) is 5.92 Å². The van der Waals surface area contributed by atoms with E-state index in [4.69, 9.17) is 16.4 Å². The van der Waals surface area contributed by atoms with E-state index in [-0.39, 0.29) is 5.78 Å². The normalized spacial score (nSPS) is 12.1. The Morgan fingerprint density at radius 3 is 2.56 bits per heavy atom. The highest BCUT2D eigenvalue weighted by Gasteiger charge is 2.33. The molecule has 3 aromatic rings. The van der Waals surface area contributed by atoms with Crippen molar-refractivity contribution >= 4 is 34.2 Å². The molecule has 128 valence electrons. The summed E-state index contributed by atoms with van der Waals surface area (Å²) in [5.41, 5.74) is 1.82. The van der Waals surface area contributed by atoms with Crippen LogP contribution in [0.3, 0.4) is 0 Å². The zero-order valence-corrected chi connectivity index (χ0v) is 14.6. The number of aromatic nitrogens is 1. The van der Waals surface area contributed by atoms with Crippen LogP contribution in [0.2, 0.25) is 5.02 Å². The maximum absolute atomic E-state index is 13.1. The van der Waals surface area contributed by atoms with Crippen molar-refractivity contribution < 1.29 is 14.4 Å². The van der Waals surface area contributed by atoms with Crippen LogP contribution in [-0.4, -0.2) is 35.9 Å². The molecule has 0 spiro atoms. The Balaban J connectivity index is 2.13. The number of hydrogen-bond acceptors (Lipinski definition) is 3. The predicted octanol–water partition coefficient (Wildman–Crippen LogP) is 3.81. The number of benzene rings is 2. The summed E-state index contributed by atoms with van der Waals surface area (Å²) in [6.45, 7) is 0. The number of H-pyrrole nitrogens is 1. The maximum Gasteiger partial charge on any atom is 0.261 e. The summed E-state index contributed by atoms with van der Waals surface area (Å²) in [7, 11) is 2.87. The van der Waals surface area contributed by atoms with Crippen molar-refractivity contribution in [3.8, 4) is 0 Å². The van der Waals surface area contributed by atoms with Crippen LogP contribution >= 0.6 is 11.6 Å². The first-order chi connectivity index (χ1) is 12.0. The number of aromatic amines is 1. The van der Waals surface area contributed by atoms with Gasteiger partial charge in [-0.1, -0.05) is 48.0 Å². The fraction of sp³-hybridized carbons (Fsp3) is 0.158. The van der Waals surface area contributed by atoms with Gasteiger partial charge in [0.25, 0.3) is 5.91 Å². The Hall–Kier alpha value is -2.63. The zero-order valence-electron chi connectivity index (χ0n) is 13.8. The van der Waals surface area contributed by atoms with Crippen LogP contribution in [0.1, 0.15) is 21.8 Å². The second kappa shape index (κ2) is 7.09. The summed E-state index contributed by atoms with van der Waals surface area (Å²) in [4.78, 5) is 34.0. The van der Waals surface area contributed by atoms with E-state index in [9.17, 15) is 9.59 Å². The van der Waals surface area contributed by atoms with E-state index in [1.54, 1.807) is 48.7 Å². The number of likely N-dealkylation sites (N-methyl/N-ethyl adjacent to an activating group) is 1. The largest absolute Gasteiger partial charge is 0.361 e. The average Bonchev–Trinajstić information content (AvgIpc) is 3.04. The molecular formula is C19H17ClN2O3. The lowest BCUT2D eigenvalue weighted by molar-refractivity contribution is -0.169. The number of amides is 1. The number of carbonyl (C=O) groups is 2. The van der Waals surface area contributed by atoms with Gasteiger partial charge < -0.3 is 4.98 Å². The van der Waals surface area contributed by atoms with E-state index in [1.807, 2.05) is 6.07 Å². The Labute approximate surface area is 150 Å². The van der Waals surface area contributed by atoms with Gasteiger partial charge in [0.1, 0.15) is 5.92 Å². The van der Waals surface area contributed by atoms with Crippen molar-refractivity contribution in [2.75, 3.05) is 14.2 Å². The van der Waals surface area contributed by atoms with Gasteiger partial charge in [0.15, 0.2) is 5.78 Å². The number of fused-ring (bicyclic) bond motifs is 1. The molecule has 3 rings (SSSR count). The van der Waals surface area contributed by atoms with Gasteiger partial charge in [0, 0.05) is 34.7 Å². The van der Waals surface area contributed by atoms with Gasteiger partial charge in [0.2, 0.25) is 0 Å². The quantitative estimate of drug-likeness (QED) is 0.429. The van der Waals surface area contributed by atoms with Gasteiger partial charge >= 0.3 is 0 Å². The summed E-state index contributed by atoms with van der Waals surface area (Å²) < 4.78 is 0. The number of halogens is 1. The van der Waals surface area contributed by atoms with Gasteiger partial charge in [-0.25, -0.2) is 5.06 Å². The van der Waals surface area contributed by atoms with Crippen LogP contribution in [0.25, 0.3) is 10.9 Å². The van der Waals surface area contributed by atoms with Crippen LogP contribution in [0.4, 0.5) is 0 Å². The number of nitrogens with one attached hydrogen (secondary N) is 1. The van der Waals surface area contributed by atoms with Crippen molar-refractivity contribution in [3.63, 3.8) is 0 Å². The Morgan fingerprint density at radius 1 is 1.16 bits per heavy atom. The van der Waals surface area contributed by atoms with Gasteiger partial charge in [-0.3, -0.25) is 14.4 Å². The van der Waals surface area contributed by atoms with E-state index >= 15 is 0 Å². The first-order valence-electron chi connectivity index (χ1n) is 7.70. The third kappa shape index (κ3) is 3.29. The highest BCUT2D eigenvalue weighted by Crippen LogP contribution is 2.31. The SMILES string of the molecule is CON(C)C(=O)C(C(=O)c1ccccc1)c1c[nH]c2cc(Cl)ccc12. The van der Waals surface area contributed by atoms with E-state index in [1.165, 1.54) is 14.2 Å². The molecule has 0 fully saturated rings. The fourth-order valence-electron chi connectivity index (χ4n) is 2.79. The summed E-state index contributed by atoms with van der Waals surface area (Å²) >= 11 is 6.02. The van der Waals surface area contributed by atoms with E-state index in [0.717, 1.165) is 16.0 Å². The Bertz CT molecular complexity index is 921. The van der Waals surface area contributed by atoms with Gasteiger partial charge in [-0.2, -0.15) is 0 Å². The fourth-order valence-corrected chi connectivity index (χ4v) is 2.96. The van der Waals surface area contributed by atoms with Gasteiger partial charge in [-0.15, -0.1) is 0 Å². The third-order valence-corrected chi connectivity index (χ3v) is 4.37. The van der Waals surface area contributed by atoms with Crippen LogP contribution in [0, 0.1) is 0 Å². The highest BCUT2D eigenvalue weighted by molar-refractivity contribution is 6.31. The summed E-state index contributed by atoms with van der Waals surface area (Å²) in [5, 5.41) is 2.42. The minimum atomic E-state index is -1.01. The van der Waals surface area contributed by atoms with E-state index < -0.39 is 11.8 Å². The second-order valence-electron chi connectivity index (χ2n) is 5.62. The minimum absolute atomic E-state index is 0.287. The molecular weight excluding hydrogens is 340 g/mol. The lowest BCUT2D eigenvalue weighted by Gasteiger charge is -2.21. The first kappa shape index (κ1) is 17.2. The Kier molecular flexibility index (Phi) is 4.88. The molecule has 0 radical (unpaired) electrons. The van der Waals surface area contributed by atoms with E-state index in [0.29, 0.717) is 16.1 Å². The molecule has 0 aliphatic carbocycles. The van der Waals surface area contributed by atoms with Gasteiger partial charge in [0.05, 0.1) is 7.11 Å². The molecule has 1 N–H and O–H groups in total. The van der Waals surface area contributed by atoms with Crippen LogP contribution in [0.5, 0.6) is 0 Å². The lowest BCUT2D eigenvalue weighted by Crippen LogP contribution is -2.34. The summed E-state index contributed by atoms with van der Waals surface area (Å²) in [5.74, 6) is -1.74. The maximum atomic E-state index is 13.1. The minimum Gasteiger partial charge on any atom is -0.361 e. The molecule has 0 bridgehead atoms. The van der Waals surface area contributed by atoms with Crippen molar-refractivity contribution in [1.29, 1.82) is 0 Å². The molecule has 5 nitrogen and oxygen atoms in total. The highest BCUT2D eigenvalue weighted by atomic mass is 35.5. The molecule has 1 atom stereocenters. The first-order valence-corrected chi connectivity index (χ1v) is 8.08. The topological polar surface area (TPSA) is 62.4 Å². The molecule has 0 aliphatic heterocycles. The predicted molar refractivity (Wildman–Crippen MR) is 96.6 cm³/mol. The van der Waals surface area contributed by atoms with Crippen LogP contribution < -0.4 is 0 Å². The molecule has 0 saturated heterocycles. The number of nitrogens with zero attached hydrogens (tertiary/aromatic N) is 1. The van der Waals surface area contributed by atoms with Crippen LogP contribution in [0.15, 0.2) is 54.7 Å². The number of Topliss-reactive ketones (excluding diaryl/α,β-unsaturated/α-hetero) is 1. The standard InChI is InChI=1S/C19H17ClN2O3/c1-22(25-2)19(24)17(18(23)12-6-4-3-5-7-12)15-11-21-16-10-13(20)8-9-14(15)16/h3-11,17,21H,1-2H3. The number of ketones is 1. The smallest absolute Gasteiger partial charge is 0.261 e. The number of hydrogen-bond donors (Lipinski definition) is 1. The molecule has 2 aromatic carbocycles. The van der Waals surface area contributed by atoms with E-state index in [2.05, 4.69) is 4.98 Å². The van der Waals surface area contributed by atoms with Gasteiger partial charge in [-0.05, 0) is 17.7 Å². The van der Waals surface area contributed by atoms with Crippen molar-refractivity contribution in [2.24, 2.45) is 0 Å². The average molecular weight is 357 g/mol. The molecule has 6 heteroatoms. The number of carbonyl (C=O) groups excluding carboxylic acids is 2. The molecule has 1 amide bonds. The van der Waals surface area contributed by atoms with Crippen molar-refractivity contribution in [1.82, 2.24) is 10.0 Å².